The predicted octanol–water partition coefficient (Wildman–Crippen LogP) is 7.41. The number of furan rings is 1. The second kappa shape index (κ2) is 7.44. The van der Waals surface area contributed by atoms with E-state index in [1.54, 1.807) is 0 Å². The van der Waals surface area contributed by atoms with Gasteiger partial charge in [-0.15, -0.1) is 0 Å². The first-order valence-corrected chi connectivity index (χ1v) is 11.6. The van der Waals surface area contributed by atoms with Crippen LogP contribution in [0.5, 0.6) is 0 Å². The number of hydrogen-bond acceptors (Lipinski definition) is 1. The van der Waals surface area contributed by atoms with Crippen molar-refractivity contribution >= 4 is 32.7 Å². The van der Waals surface area contributed by atoms with Crippen LogP contribution in [0.25, 0.3) is 44.0 Å². The Bertz CT molecular complexity index is 1490. The zero-order chi connectivity index (χ0) is 21.8. The standard InChI is InChI=1S/C29H27FNO/c1-18-7-10-25-24-12-9-22(30)17-26(24)32-29(25)27(18)28-23-11-8-20(15-19-5-3-4-6-19)16-21(23)13-14-31(28)2/h7-14,16-17,19H,3-6,15H2,1-2H3/q+1. The molecule has 5 aromatic rings. The lowest BCUT2D eigenvalue weighted by Crippen LogP contribution is -2.30. The van der Waals surface area contributed by atoms with Gasteiger partial charge in [-0.05, 0) is 54.0 Å². The highest BCUT2D eigenvalue weighted by Crippen LogP contribution is 2.39. The van der Waals surface area contributed by atoms with E-state index >= 15 is 0 Å². The molecule has 0 radical (unpaired) electrons. The van der Waals surface area contributed by atoms with E-state index in [9.17, 15) is 4.39 Å². The minimum atomic E-state index is -0.277. The fourth-order valence-electron chi connectivity index (χ4n) is 5.61. The minimum Gasteiger partial charge on any atom is -0.455 e. The summed E-state index contributed by atoms with van der Waals surface area (Å²) >= 11 is 0. The highest BCUT2D eigenvalue weighted by atomic mass is 19.1. The number of aromatic nitrogens is 1. The number of nitrogens with zero attached hydrogens (tertiary/aromatic N) is 1. The molecule has 0 bridgehead atoms. The normalized spacial score (nSPS) is 14.8. The third-order valence-electron chi connectivity index (χ3n) is 7.25. The molecule has 3 aromatic carbocycles. The maximum Gasteiger partial charge on any atom is 0.224 e. The van der Waals surface area contributed by atoms with Gasteiger partial charge in [-0.25, -0.2) is 8.96 Å². The first-order valence-electron chi connectivity index (χ1n) is 11.6. The molecule has 1 saturated carbocycles. The molecule has 32 heavy (non-hydrogen) atoms. The van der Waals surface area contributed by atoms with E-state index in [1.807, 2.05) is 6.07 Å². The van der Waals surface area contributed by atoms with Crippen molar-refractivity contribution in [1.82, 2.24) is 0 Å². The van der Waals surface area contributed by atoms with Crippen LogP contribution in [0.3, 0.4) is 0 Å². The second-order valence-corrected chi connectivity index (χ2v) is 9.43. The van der Waals surface area contributed by atoms with Crippen LogP contribution in [0.4, 0.5) is 4.39 Å². The quantitative estimate of drug-likeness (QED) is 0.276. The van der Waals surface area contributed by atoms with E-state index in [0.717, 1.165) is 39.1 Å². The molecule has 0 aliphatic heterocycles. The lowest BCUT2D eigenvalue weighted by Gasteiger charge is -2.12. The third-order valence-corrected chi connectivity index (χ3v) is 7.25. The van der Waals surface area contributed by atoms with Crippen molar-refractivity contribution in [3.63, 3.8) is 0 Å². The van der Waals surface area contributed by atoms with Crippen molar-refractivity contribution in [2.75, 3.05) is 0 Å². The molecule has 2 aromatic heterocycles. The average Bonchev–Trinajstić information content (AvgIpc) is 3.41. The van der Waals surface area contributed by atoms with Gasteiger partial charge in [0, 0.05) is 22.9 Å². The highest BCUT2D eigenvalue weighted by Gasteiger charge is 2.24. The summed E-state index contributed by atoms with van der Waals surface area (Å²) in [5.41, 5.74) is 6.21. The lowest BCUT2D eigenvalue weighted by molar-refractivity contribution is -0.659. The van der Waals surface area contributed by atoms with E-state index < -0.39 is 0 Å². The van der Waals surface area contributed by atoms with E-state index in [-0.39, 0.29) is 5.82 Å². The summed E-state index contributed by atoms with van der Waals surface area (Å²) in [6.07, 6.45) is 8.79. The van der Waals surface area contributed by atoms with Crippen LogP contribution in [-0.2, 0) is 13.5 Å². The number of pyridine rings is 1. The molecule has 3 heteroatoms. The second-order valence-electron chi connectivity index (χ2n) is 9.43. The van der Waals surface area contributed by atoms with E-state index in [2.05, 4.69) is 61.1 Å². The summed E-state index contributed by atoms with van der Waals surface area (Å²) in [5, 5.41) is 4.44. The van der Waals surface area contributed by atoms with Crippen molar-refractivity contribution in [3.8, 4) is 11.3 Å². The van der Waals surface area contributed by atoms with Gasteiger partial charge < -0.3 is 4.42 Å². The summed E-state index contributed by atoms with van der Waals surface area (Å²) < 4.78 is 22.3. The molecule has 0 amide bonds. The number of rotatable bonds is 3. The van der Waals surface area contributed by atoms with Gasteiger partial charge >= 0.3 is 0 Å². The van der Waals surface area contributed by atoms with Crippen molar-refractivity contribution in [2.24, 2.45) is 13.0 Å². The molecule has 0 atom stereocenters. The monoisotopic (exact) mass is 424 g/mol. The van der Waals surface area contributed by atoms with Crippen LogP contribution in [-0.4, -0.2) is 0 Å². The van der Waals surface area contributed by atoms with Crippen molar-refractivity contribution < 1.29 is 13.4 Å². The zero-order valence-corrected chi connectivity index (χ0v) is 18.6. The Morgan fingerprint density at radius 2 is 1.72 bits per heavy atom. The number of halogens is 1. The number of benzene rings is 3. The molecule has 0 N–H and O–H groups in total. The molecule has 0 saturated heterocycles. The van der Waals surface area contributed by atoms with Gasteiger partial charge in [-0.2, -0.15) is 0 Å². The van der Waals surface area contributed by atoms with Gasteiger partial charge in [0.05, 0.1) is 10.9 Å². The van der Waals surface area contributed by atoms with Crippen LogP contribution < -0.4 is 4.57 Å². The topological polar surface area (TPSA) is 17.0 Å². The fraction of sp³-hybridized carbons (Fsp3) is 0.276. The molecule has 1 aliphatic carbocycles. The highest BCUT2D eigenvalue weighted by molar-refractivity contribution is 6.11. The molecule has 0 unspecified atom stereocenters. The maximum atomic E-state index is 13.9. The van der Waals surface area contributed by atoms with Crippen molar-refractivity contribution in [1.29, 1.82) is 0 Å². The Labute approximate surface area is 187 Å². The molecule has 0 spiro atoms. The van der Waals surface area contributed by atoms with Crippen LogP contribution in [0.1, 0.15) is 36.8 Å². The Balaban J connectivity index is 1.57. The summed E-state index contributed by atoms with van der Waals surface area (Å²) in [6, 6.07) is 18.2. The zero-order valence-electron chi connectivity index (χ0n) is 18.6. The molecule has 6 rings (SSSR count). The first-order chi connectivity index (χ1) is 15.6. The van der Waals surface area contributed by atoms with Crippen LogP contribution in [0.2, 0.25) is 0 Å². The van der Waals surface area contributed by atoms with Gasteiger partial charge in [-0.3, -0.25) is 0 Å². The molecular formula is C29H27FNO+. The molecule has 1 aliphatic rings. The van der Waals surface area contributed by atoms with Crippen LogP contribution >= 0.6 is 0 Å². The smallest absolute Gasteiger partial charge is 0.224 e. The number of hydrogen-bond donors (Lipinski definition) is 0. The van der Waals surface area contributed by atoms with E-state index in [4.69, 9.17) is 4.42 Å². The van der Waals surface area contributed by atoms with Gasteiger partial charge in [-0.1, -0.05) is 49.9 Å². The molecule has 2 nitrogen and oxygen atoms in total. The van der Waals surface area contributed by atoms with Gasteiger partial charge in [0.15, 0.2) is 6.20 Å². The largest absolute Gasteiger partial charge is 0.455 e. The van der Waals surface area contributed by atoms with E-state index in [1.165, 1.54) is 60.6 Å². The average molecular weight is 425 g/mol. The van der Waals surface area contributed by atoms with Crippen molar-refractivity contribution in [2.45, 2.75) is 39.0 Å². The summed E-state index contributed by atoms with van der Waals surface area (Å²) in [6.45, 7) is 2.12. The fourth-order valence-corrected chi connectivity index (χ4v) is 5.61. The van der Waals surface area contributed by atoms with Gasteiger partial charge in [0.2, 0.25) is 5.69 Å². The van der Waals surface area contributed by atoms with Crippen LogP contribution in [0.15, 0.2) is 65.2 Å². The Morgan fingerprint density at radius 3 is 2.56 bits per heavy atom. The van der Waals surface area contributed by atoms with Crippen molar-refractivity contribution in [3.05, 3.63) is 77.7 Å². The number of aryl methyl sites for hydroxylation is 2. The SMILES string of the molecule is Cc1ccc2c(oc3cc(F)ccc32)c1-c1c2ccc(CC3CCCC3)cc2cc[n+]1C. The summed E-state index contributed by atoms with van der Waals surface area (Å²) in [4.78, 5) is 0. The maximum absolute atomic E-state index is 13.9. The first kappa shape index (κ1) is 19.5. The van der Waals surface area contributed by atoms with E-state index in [0.29, 0.717) is 5.58 Å². The molecule has 2 heterocycles. The molecule has 1 fully saturated rings. The summed E-state index contributed by atoms with van der Waals surface area (Å²) in [7, 11) is 2.09. The molecule has 160 valence electrons. The molecular weight excluding hydrogens is 397 g/mol. The third kappa shape index (κ3) is 3.10. The Morgan fingerprint density at radius 1 is 0.938 bits per heavy atom. The van der Waals surface area contributed by atoms with Crippen LogP contribution in [0, 0.1) is 18.7 Å². The Kier molecular flexibility index (Phi) is 4.53. The Hall–Kier alpha value is -3.20. The minimum absolute atomic E-state index is 0.277. The van der Waals surface area contributed by atoms with Gasteiger partial charge in [0.25, 0.3) is 0 Å². The number of fused-ring (bicyclic) bond motifs is 4. The summed E-state index contributed by atoms with van der Waals surface area (Å²) in [5.74, 6) is 0.555. The van der Waals surface area contributed by atoms with Gasteiger partial charge in [0.1, 0.15) is 24.0 Å². The lowest BCUT2D eigenvalue weighted by atomic mass is 9.93. The predicted molar refractivity (Wildman–Crippen MR) is 128 cm³/mol.